The Labute approximate surface area is 178 Å². The number of amides is 1. The first kappa shape index (κ1) is 21.2. The number of aromatic hydroxyl groups is 1. The second-order valence-corrected chi connectivity index (χ2v) is 7.56. The predicted octanol–water partition coefficient (Wildman–Crippen LogP) is 4.17. The molecule has 0 fully saturated rings. The van der Waals surface area contributed by atoms with Crippen molar-refractivity contribution in [3.8, 4) is 5.75 Å². The Morgan fingerprint density at radius 1 is 1.13 bits per heavy atom. The van der Waals surface area contributed by atoms with Crippen LogP contribution in [0.4, 0.5) is 5.69 Å². The summed E-state index contributed by atoms with van der Waals surface area (Å²) in [6.45, 7) is 3.80. The minimum atomic E-state index is -0.105. The molecule has 5 N–H and O–H groups in total. The molecule has 0 heterocycles. The summed E-state index contributed by atoms with van der Waals surface area (Å²) in [6.07, 6.45) is 8.00. The van der Waals surface area contributed by atoms with Gasteiger partial charge in [0.05, 0.1) is 0 Å². The van der Waals surface area contributed by atoms with Crippen molar-refractivity contribution >= 4 is 11.6 Å². The van der Waals surface area contributed by atoms with E-state index in [-0.39, 0.29) is 17.7 Å². The molecule has 0 radical (unpaired) electrons. The highest BCUT2D eigenvalue weighted by atomic mass is 16.3. The summed E-state index contributed by atoms with van der Waals surface area (Å²) in [5, 5.41) is 16.0. The number of rotatable bonds is 7. The van der Waals surface area contributed by atoms with E-state index in [2.05, 4.69) is 22.8 Å². The molecule has 5 heteroatoms. The van der Waals surface area contributed by atoms with Crippen molar-refractivity contribution in [2.75, 3.05) is 5.32 Å². The second-order valence-electron chi connectivity index (χ2n) is 7.56. The van der Waals surface area contributed by atoms with Gasteiger partial charge in [-0.05, 0) is 61.6 Å². The lowest BCUT2D eigenvalue weighted by Gasteiger charge is -2.12. The molecule has 0 saturated carbocycles. The van der Waals surface area contributed by atoms with Gasteiger partial charge in [0.15, 0.2) is 0 Å². The summed E-state index contributed by atoms with van der Waals surface area (Å²) in [4.78, 5) is 12.6. The highest BCUT2D eigenvalue weighted by Crippen LogP contribution is 2.22. The lowest BCUT2D eigenvalue weighted by Crippen LogP contribution is -2.35. The van der Waals surface area contributed by atoms with Gasteiger partial charge in [0.2, 0.25) is 5.91 Å². The number of nitrogens with one attached hydrogen (secondary N) is 2. The molecule has 3 rings (SSSR count). The van der Waals surface area contributed by atoms with Crippen LogP contribution in [-0.2, 0) is 17.6 Å². The summed E-state index contributed by atoms with van der Waals surface area (Å²) in [7, 11) is 0. The standard InChI is InChI=1S/C25H29N3O2/c1-3-7-21(27-22-10-6-11-24(29)16-22)15-20(26)12-17(2)25(30)28-23-13-18-8-4-5-9-19(18)14-23/h4-12,15-16,23,27,29H,3,13-14,26H2,1-2H3,(H,28,30)/b17-12+,20-15+,21-7-. The monoisotopic (exact) mass is 403 g/mol. The average molecular weight is 404 g/mol. The fourth-order valence-corrected chi connectivity index (χ4v) is 3.61. The Hall–Kier alpha value is -3.47. The van der Waals surface area contributed by atoms with Crippen LogP contribution in [0.2, 0.25) is 0 Å². The number of phenolic OH excluding ortho intramolecular Hbond substituents is 1. The van der Waals surface area contributed by atoms with Crippen molar-refractivity contribution in [1.29, 1.82) is 0 Å². The van der Waals surface area contributed by atoms with Gasteiger partial charge >= 0.3 is 0 Å². The van der Waals surface area contributed by atoms with Crippen LogP contribution in [-0.4, -0.2) is 17.1 Å². The van der Waals surface area contributed by atoms with Crippen LogP contribution in [0.15, 0.2) is 83.7 Å². The zero-order valence-electron chi connectivity index (χ0n) is 17.5. The van der Waals surface area contributed by atoms with Gasteiger partial charge in [-0.15, -0.1) is 0 Å². The molecule has 5 nitrogen and oxygen atoms in total. The van der Waals surface area contributed by atoms with E-state index in [9.17, 15) is 9.90 Å². The summed E-state index contributed by atoms with van der Waals surface area (Å²) < 4.78 is 0. The van der Waals surface area contributed by atoms with Crippen molar-refractivity contribution in [2.24, 2.45) is 5.73 Å². The molecule has 0 spiro atoms. The molecule has 0 atom stereocenters. The highest BCUT2D eigenvalue weighted by molar-refractivity contribution is 5.93. The molecule has 2 aromatic carbocycles. The Bertz CT molecular complexity index is 980. The third-order valence-corrected chi connectivity index (χ3v) is 5.01. The topological polar surface area (TPSA) is 87.4 Å². The minimum absolute atomic E-state index is 0.105. The van der Waals surface area contributed by atoms with Crippen LogP contribution in [0.1, 0.15) is 31.4 Å². The molecule has 0 aliphatic heterocycles. The van der Waals surface area contributed by atoms with Crippen LogP contribution < -0.4 is 16.4 Å². The number of hydrogen-bond donors (Lipinski definition) is 4. The molecule has 30 heavy (non-hydrogen) atoms. The molecule has 0 aromatic heterocycles. The van der Waals surface area contributed by atoms with Gasteiger partial charge in [-0.2, -0.15) is 0 Å². The zero-order chi connectivity index (χ0) is 21.5. The van der Waals surface area contributed by atoms with E-state index in [1.54, 1.807) is 37.3 Å². The molecular weight excluding hydrogens is 374 g/mol. The van der Waals surface area contributed by atoms with Crippen molar-refractivity contribution < 1.29 is 9.90 Å². The van der Waals surface area contributed by atoms with Crippen LogP contribution >= 0.6 is 0 Å². The number of hydrogen-bond acceptors (Lipinski definition) is 4. The maximum absolute atomic E-state index is 12.6. The van der Waals surface area contributed by atoms with E-state index >= 15 is 0 Å². The zero-order valence-corrected chi connectivity index (χ0v) is 17.5. The summed E-state index contributed by atoms with van der Waals surface area (Å²) >= 11 is 0. The quantitative estimate of drug-likeness (QED) is 0.413. The molecular formula is C25H29N3O2. The number of phenols is 1. The van der Waals surface area contributed by atoms with Gasteiger partial charge in [-0.1, -0.05) is 43.3 Å². The van der Waals surface area contributed by atoms with Crippen LogP contribution in [0.5, 0.6) is 5.75 Å². The van der Waals surface area contributed by atoms with Gasteiger partial charge in [0.25, 0.3) is 0 Å². The van der Waals surface area contributed by atoms with Gasteiger partial charge in [0, 0.05) is 34.8 Å². The van der Waals surface area contributed by atoms with Crippen LogP contribution in [0.25, 0.3) is 0 Å². The lowest BCUT2D eigenvalue weighted by atomic mass is 10.1. The smallest absolute Gasteiger partial charge is 0.247 e. The first-order valence-electron chi connectivity index (χ1n) is 10.2. The number of carbonyl (C=O) groups excluding carboxylic acids is 1. The minimum Gasteiger partial charge on any atom is -0.508 e. The van der Waals surface area contributed by atoms with Crippen molar-refractivity contribution in [3.63, 3.8) is 0 Å². The summed E-state index contributed by atoms with van der Waals surface area (Å²) in [6, 6.07) is 15.3. The first-order chi connectivity index (χ1) is 14.4. The van der Waals surface area contributed by atoms with E-state index in [1.165, 1.54) is 11.1 Å². The summed E-state index contributed by atoms with van der Waals surface area (Å²) in [5.74, 6) is 0.0837. The third-order valence-electron chi connectivity index (χ3n) is 5.01. The Morgan fingerprint density at radius 3 is 2.47 bits per heavy atom. The molecule has 1 amide bonds. The molecule has 1 aliphatic carbocycles. The van der Waals surface area contributed by atoms with Crippen LogP contribution in [0, 0.1) is 0 Å². The first-order valence-corrected chi connectivity index (χ1v) is 10.2. The third kappa shape index (κ3) is 5.77. The van der Waals surface area contributed by atoms with Crippen molar-refractivity contribution in [2.45, 2.75) is 39.2 Å². The molecule has 156 valence electrons. The number of nitrogens with two attached hydrogens (primary N) is 1. The van der Waals surface area contributed by atoms with E-state index < -0.39 is 0 Å². The van der Waals surface area contributed by atoms with Gasteiger partial charge in [0.1, 0.15) is 5.75 Å². The maximum Gasteiger partial charge on any atom is 0.247 e. The Morgan fingerprint density at radius 2 is 1.83 bits per heavy atom. The predicted molar refractivity (Wildman–Crippen MR) is 122 cm³/mol. The number of carbonyl (C=O) groups is 1. The highest BCUT2D eigenvalue weighted by Gasteiger charge is 2.22. The Balaban J connectivity index is 1.64. The van der Waals surface area contributed by atoms with Gasteiger partial charge < -0.3 is 21.5 Å². The Kier molecular flexibility index (Phi) is 6.96. The lowest BCUT2D eigenvalue weighted by molar-refractivity contribution is -0.118. The molecule has 2 aromatic rings. The fourth-order valence-electron chi connectivity index (χ4n) is 3.61. The SMILES string of the molecule is CC/C=C(/C=C(N)\C=C(/C)C(=O)NC1Cc2ccccc2C1)Nc1cccc(O)c1. The molecule has 0 saturated heterocycles. The van der Waals surface area contributed by atoms with E-state index in [0.29, 0.717) is 11.3 Å². The number of allylic oxidation sites excluding steroid dienone is 3. The fraction of sp³-hybridized carbons (Fsp3) is 0.240. The van der Waals surface area contributed by atoms with E-state index in [1.807, 2.05) is 31.2 Å². The molecule has 1 aliphatic rings. The van der Waals surface area contributed by atoms with Crippen molar-refractivity contribution in [1.82, 2.24) is 5.32 Å². The van der Waals surface area contributed by atoms with Gasteiger partial charge in [-0.3, -0.25) is 4.79 Å². The van der Waals surface area contributed by atoms with Crippen LogP contribution in [0.3, 0.4) is 0 Å². The van der Waals surface area contributed by atoms with E-state index in [4.69, 9.17) is 5.73 Å². The normalized spacial score (nSPS) is 15.1. The molecule has 0 unspecified atom stereocenters. The van der Waals surface area contributed by atoms with Gasteiger partial charge in [-0.25, -0.2) is 0 Å². The van der Waals surface area contributed by atoms with E-state index in [0.717, 1.165) is 30.6 Å². The maximum atomic E-state index is 12.6. The van der Waals surface area contributed by atoms with Crippen molar-refractivity contribution in [3.05, 3.63) is 94.9 Å². The number of fused-ring (bicyclic) bond motifs is 1. The largest absolute Gasteiger partial charge is 0.508 e. The number of benzene rings is 2. The average Bonchev–Trinajstić information content (AvgIpc) is 3.10. The number of anilines is 1. The summed E-state index contributed by atoms with van der Waals surface area (Å²) in [5.41, 5.74) is 11.4. The molecule has 0 bridgehead atoms. The second kappa shape index (κ2) is 9.83.